The van der Waals surface area contributed by atoms with Crippen LogP contribution < -0.4 is 5.32 Å². The van der Waals surface area contributed by atoms with E-state index < -0.39 is 17.3 Å². The summed E-state index contributed by atoms with van der Waals surface area (Å²) >= 11 is 11.8. The van der Waals surface area contributed by atoms with Crippen molar-refractivity contribution < 1.29 is 14.3 Å². The van der Waals surface area contributed by atoms with Gasteiger partial charge in [0.05, 0.1) is 15.7 Å². The summed E-state index contributed by atoms with van der Waals surface area (Å²) in [4.78, 5) is 14.5. The van der Waals surface area contributed by atoms with Gasteiger partial charge in [0.1, 0.15) is 5.56 Å². The Morgan fingerprint density at radius 3 is 2.47 bits per heavy atom. The number of benzene rings is 1. The fourth-order valence-electron chi connectivity index (χ4n) is 1.43. The summed E-state index contributed by atoms with van der Waals surface area (Å²) in [5.41, 5.74) is -0.222. The quantitative estimate of drug-likeness (QED) is 0.900. The molecule has 2 aromatic rings. The summed E-state index contributed by atoms with van der Waals surface area (Å²) in [5, 5.41) is 12.0. The van der Waals surface area contributed by atoms with Gasteiger partial charge >= 0.3 is 5.97 Å². The Kier molecular flexibility index (Phi) is 3.87. The molecule has 0 aliphatic carbocycles. The van der Waals surface area contributed by atoms with E-state index in [4.69, 9.17) is 28.3 Å². The zero-order chi connectivity index (χ0) is 14.0. The van der Waals surface area contributed by atoms with E-state index in [1.165, 1.54) is 6.20 Å². The van der Waals surface area contributed by atoms with Crippen molar-refractivity contribution in [3.05, 3.63) is 51.9 Å². The van der Waals surface area contributed by atoms with Crippen molar-refractivity contribution in [3.63, 3.8) is 0 Å². The monoisotopic (exact) mass is 300 g/mol. The van der Waals surface area contributed by atoms with Crippen LogP contribution in [0.1, 0.15) is 10.4 Å². The average molecular weight is 301 g/mol. The van der Waals surface area contributed by atoms with E-state index in [0.717, 1.165) is 6.07 Å². The highest BCUT2D eigenvalue weighted by atomic mass is 35.5. The van der Waals surface area contributed by atoms with Crippen LogP contribution in [0.15, 0.2) is 30.5 Å². The first kappa shape index (κ1) is 13.6. The molecule has 0 bridgehead atoms. The molecule has 0 radical (unpaired) electrons. The molecule has 1 aromatic heterocycles. The lowest BCUT2D eigenvalue weighted by molar-refractivity contribution is 0.0692. The van der Waals surface area contributed by atoms with Gasteiger partial charge < -0.3 is 10.4 Å². The minimum absolute atomic E-state index is 0.255. The lowest BCUT2D eigenvalue weighted by Gasteiger charge is -2.10. The minimum atomic E-state index is -1.38. The smallest absolute Gasteiger partial charge is 0.338 e. The van der Waals surface area contributed by atoms with Crippen LogP contribution in [-0.2, 0) is 0 Å². The second-order valence-electron chi connectivity index (χ2n) is 3.55. The molecule has 7 heteroatoms. The standard InChI is InChI=1S/C12H7Cl2FN2O2/c13-7-2-1-3-8(14)10(7)17-11-9(15)6(12(18)19)4-5-16-11/h1-5H,(H,16,17)(H,18,19). The first-order chi connectivity index (χ1) is 9.00. The van der Waals surface area contributed by atoms with Crippen LogP contribution in [0.3, 0.4) is 0 Å². The molecule has 4 nitrogen and oxygen atoms in total. The molecule has 2 rings (SSSR count). The van der Waals surface area contributed by atoms with Gasteiger partial charge in [0.15, 0.2) is 11.6 Å². The van der Waals surface area contributed by atoms with E-state index in [0.29, 0.717) is 0 Å². The van der Waals surface area contributed by atoms with Crippen LogP contribution in [0.2, 0.25) is 10.0 Å². The number of para-hydroxylation sites is 1. The van der Waals surface area contributed by atoms with E-state index in [9.17, 15) is 9.18 Å². The van der Waals surface area contributed by atoms with Crippen molar-refractivity contribution >= 4 is 40.7 Å². The van der Waals surface area contributed by atoms with Crippen LogP contribution in [0.5, 0.6) is 0 Å². The summed E-state index contributed by atoms with van der Waals surface area (Å²) in [6, 6.07) is 5.83. The molecule has 1 aromatic carbocycles. The van der Waals surface area contributed by atoms with E-state index >= 15 is 0 Å². The lowest BCUT2D eigenvalue weighted by Crippen LogP contribution is -2.06. The van der Waals surface area contributed by atoms with Gasteiger partial charge in [0.2, 0.25) is 0 Å². The van der Waals surface area contributed by atoms with Crippen molar-refractivity contribution in [1.82, 2.24) is 4.98 Å². The Balaban J connectivity index is 2.45. The van der Waals surface area contributed by atoms with E-state index in [1.807, 2.05) is 0 Å². The van der Waals surface area contributed by atoms with Gasteiger partial charge in [-0.2, -0.15) is 0 Å². The van der Waals surface area contributed by atoms with Gasteiger partial charge in [-0.1, -0.05) is 29.3 Å². The molecule has 2 N–H and O–H groups in total. The van der Waals surface area contributed by atoms with Crippen molar-refractivity contribution in [3.8, 4) is 0 Å². The third kappa shape index (κ3) is 2.77. The average Bonchev–Trinajstić information content (AvgIpc) is 2.35. The number of aromatic nitrogens is 1. The number of carbonyl (C=O) groups is 1. The number of nitrogens with zero attached hydrogens (tertiary/aromatic N) is 1. The van der Waals surface area contributed by atoms with Crippen LogP contribution in [0, 0.1) is 5.82 Å². The van der Waals surface area contributed by atoms with Gasteiger partial charge in [0, 0.05) is 6.20 Å². The SMILES string of the molecule is O=C(O)c1ccnc(Nc2c(Cl)cccc2Cl)c1F. The predicted octanol–water partition coefficient (Wildman–Crippen LogP) is 3.97. The first-order valence-electron chi connectivity index (χ1n) is 5.09. The Hall–Kier alpha value is -1.85. The molecule has 0 unspecified atom stereocenters. The number of carboxylic acids is 1. The van der Waals surface area contributed by atoms with Gasteiger partial charge in [-0.05, 0) is 18.2 Å². The molecule has 0 aliphatic rings. The number of aromatic carboxylic acids is 1. The largest absolute Gasteiger partial charge is 0.478 e. The Bertz CT molecular complexity index is 629. The third-order valence-electron chi connectivity index (χ3n) is 2.33. The molecule has 0 amide bonds. The molecule has 0 atom stereocenters. The van der Waals surface area contributed by atoms with Crippen molar-refractivity contribution in [1.29, 1.82) is 0 Å². The topological polar surface area (TPSA) is 62.2 Å². The lowest BCUT2D eigenvalue weighted by atomic mass is 10.2. The number of anilines is 2. The number of carboxylic acid groups (broad SMARTS) is 1. The maximum absolute atomic E-state index is 13.9. The second kappa shape index (κ2) is 5.42. The number of hydrogen-bond acceptors (Lipinski definition) is 3. The molecular formula is C12H7Cl2FN2O2. The molecular weight excluding hydrogens is 294 g/mol. The van der Waals surface area contributed by atoms with Gasteiger partial charge in [-0.25, -0.2) is 14.2 Å². The predicted molar refractivity (Wildman–Crippen MR) is 70.9 cm³/mol. The molecule has 0 saturated heterocycles. The Morgan fingerprint density at radius 2 is 1.89 bits per heavy atom. The first-order valence-corrected chi connectivity index (χ1v) is 5.85. The normalized spacial score (nSPS) is 10.3. The highest BCUT2D eigenvalue weighted by Gasteiger charge is 2.16. The van der Waals surface area contributed by atoms with Crippen LogP contribution in [0.25, 0.3) is 0 Å². The maximum Gasteiger partial charge on any atom is 0.338 e. The van der Waals surface area contributed by atoms with Crippen LogP contribution in [-0.4, -0.2) is 16.1 Å². The Morgan fingerprint density at radius 1 is 1.26 bits per heavy atom. The van der Waals surface area contributed by atoms with Crippen molar-refractivity contribution in [2.24, 2.45) is 0 Å². The molecule has 0 fully saturated rings. The number of pyridine rings is 1. The third-order valence-corrected chi connectivity index (χ3v) is 2.96. The van der Waals surface area contributed by atoms with Crippen molar-refractivity contribution in [2.75, 3.05) is 5.32 Å². The molecule has 0 saturated carbocycles. The second-order valence-corrected chi connectivity index (χ2v) is 4.36. The van der Waals surface area contributed by atoms with Gasteiger partial charge in [0.25, 0.3) is 0 Å². The van der Waals surface area contributed by atoms with Crippen LogP contribution >= 0.6 is 23.2 Å². The highest BCUT2D eigenvalue weighted by molar-refractivity contribution is 6.39. The van der Waals surface area contributed by atoms with Gasteiger partial charge in [-0.15, -0.1) is 0 Å². The summed E-state index contributed by atoms with van der Waals surface area (Å²) < 4.78 is 13.9. The number of halogens is 3. The summed E-state index contributed by atoms with van der Waals surface area (Å²) in [7, 11) is 0. The fraction of sp³-hybridized carbons (Fsp3) is 0. The summed E-state index contributed by atoms with van der Waals surface area (Å²) in [6.45, 7) is 0. The van der Waals surface area contributed by atoms with Crippen molar-refractivity contribution in [2.45, 2.75) is 0 Å². The number of nitrogens with one attached hydrogen (secondary N) is 1. The van der Waals surface area contributed by atoms with Crippen LogP contribution in [0.4, 0.5) is 15.9 Å². The molecule has 98 valence electrons. The molecule has 19 heavy (non-hydrogen) atoms. The molecule has 1 heterocycles. The zero-order valence-electron chi connectivity index (χ0n) is 9.32. The number of rotatable bonds is 3. The zero-order valence-corrected chi connectivity index (χ0v) is 10.8. The summed E-state index contributed by atoms with van der Waals surface area (Å²) in [6.07, 6.45) is 1.18. The molecule has 0 spiro atoms. The van der Waals surface area contributed by atoms with E-state index in [2.05, 4.69) is 10.3 Å². The fourth-order valence-corrected chi connectivity index (χ4v) is 1.92. The van der Waals surface area contributed by atoms with E-state index in [1.54, 1.807) is 18.2 Å². The maximum atomic E-state index is 13.9. The van der Waals surface area contributed by atoms with Gasteiger partial charge in [-0.3, -0.25) is 0 Å². The highest BCUT2D eigenvalue weighted by Crippen LogP contribution is 2.32. The van der Waals surface area contributed by atoms with E-state index in [-0.39, 0.29) is 21.6 Å². The number of hydrogen-bond donors (Lipinski definition) is 2. The Labute approximate surface area is 117 Å². The summed E-state index contributed by atoms with van der Waals surface area (Å²) in [5.74, 6) is -2.62. The molecule has 0 aliphatic heterocycles. The minimum Gasteiger partial charge on any atom is -0.478 e.